The van der Waals surface area contributed by atoms with Crippen molar-refractivity contribution in [2.45, 2.75) is 40.2 Å². The van der Waals surface area contributed by atoms with E-state index in [1.54, 1.807) is 0 Å². The fraction of sp³-hybridized carbons (Fsp3) is 0.667. The third-order valence-electron chi connectivity index (χ3n) is 4.12. The monoisotopic (exact) mass is 290 g/mol. The maximum Gasteiger partial charge on any atom is 0.0460 e. The summed E-state index contributed by atoms with van der Waals surface area (Å²) in [6, 6.07) is 8.76. The van der Waals surface area contributed by atoms with Crippen molar-refractivity contribution in [2.75, 3.05) is 31.6 Å². The minimum atomic E-state index is 0.294. The number of anilines is 1. The van der Waals surface area contributed by atoms with Gasteiger partial charge in [-0.1, -0.05) is 32.9 Å². The first-order valence-corrected chi connectivity index (χ1v) is 8.12. The van der Waals surface area contributed by atoms with Gasteiger partial charge in [0.05, 0.1) is 0 Å². The molecule has 2 rings (SSSR count). The number of hydrogen-bond donors (Lipinski definition) is 2. The molecule has 0 atom stereocenters. The van der Waals surface area contributed by atoms with E-state index in [9.17, 15) is 5.11 Å². The molecular formula is C18H30N2O. The summed E-state index contributed by atoms with van der Waals surface area (Å²) in [5.74, 6) is 0.515. The van der Waals surface area contributed by atoms with Crippen LogP contribution in [0.1, 0.15) is 39.2 Å². The maximum atomic E-state index is 9.20. The van der Waals surface area contributed by atoms with Gasteiger partial charge in [0, 0.05) is 25.4 Å². The Morgan fingerprint density at radius 1 is 1.24 bits per heavy atom. The van der Waals surface area contributed by atoms with Crippen molar-refractivity contribution in [3.05, 3.63) is 29.8 Å². The first-order chi connectivity index (χ1) is 9.96. The van der Waals surface area contributed by atoms with Crippen LogP contribution in [0.4, 0.5) is 5.69 Å². The molecular weight excluding hydrogens is 260 g/mol. The summed E-state index contributed by atoms with van der Waals surface area (Å²) in [5, 5.41) is 12.7. The summed E-state index contributed by atoms with van der Waals surface area (Å²) < 4.78 is 0. The average molecular weight is 290 g/mol. The molecule has 3 nitrogen and oxygen atoms in total. The second-order valence-electron chi connectivity index (χ2n) is 7.52. The normalized spacial score (nSPS) is 17.9. The zero-order valence-corrected chi connectivity index (χ0v) is 13.7. The molecule has 0 saturated carbocycles. The van der Waals surface area contributed by atoms with E-state index in [0.717, 1.165) is 39.0 Å². The summed E-state index contributed by atoms with van der Waals surface area (Å²) >= 11 is 0. The van der Waals surface area contributed by atoms with Crippen molar-refractivity contribution >= 4 is 5.69 Å². The summed E-state index contributed by atoms with van der Waals surface area (Å²) in [6.07, 6.45) is 2.25. The molecule has 0 radical (unpaired) electrons. The van der Waals surface area contributed by atoms with Crippen molar-refractivity contribution in [3.8, 4) is 0 Å². The molecule has 0 spiro atoms. The van der Waals surface area contributed by atoms with Crippen LogP contribution in [0.3, 0.4) is 0 Å². The first kappa shape index (κ1) is 16.3. The van der Waals surface area contributed by atoms with Gasteiger partial charge < -0.3 is 10.4 Å². The Kier molecular flexibility index (Phi) is 5.65. The average Bonchev–Trinajstić information content (AvgIpc) is 2.46. The highest BCUT2D eigenvalue weighted by atomic mass is 16.3. The molecule has 1 aliphatic heterocycles. The Balaban J connectivity index is 1.86. The van der Waals surface area contributed by atoms with Crippen LogP contribution >= 0.6 is 0 Å². The zero-order chi connectivity index (χ0) is 15.3. The molecule has 21 heavy (non-hydrogen) atoms. The third kappa shape index (κ3) is 5.68. The number of rotatable bonds is 5. The van der Waals surface area contributed by atoms with Gasteiger partial charge in [-0.05, 0) is 55.0 Å². The van der Waals surface area contributed by atoms with Gasteiger partial charge in [0.15, 0.2) is 0 Å². The third-order valence-corrected chi connectivity index (χ3v) is 4.12. The van der Waals surface area contributed by atoms with Gasteiger partial charge >= 0.3 is 0 Å². The van der Waals surface area contributed by atoms with Crippen molar-refractivity contribution in [2.24, 2.45) is 11.3 Å². The van der Waals surface area contributed by atoms with Crippen LogP contribution in [0, 0.1) is 11.3 Å². The number of benzene rings is 1. The largest absolute Gasteiger partial charge is 0.396 e. The Bertz CT molecular complexity index is 431. The lowest BCUT2D eigenvalue weighted by molar-refractivity contribution is 0.127. The van der Waals surface area contributed by atoms with E-state index < -0.39 is 0 Å². The highest BCUT2D eigenvalue weighted by Gasteiger charge is 2.18. The lowest BCUT2D eigenvalue weighted by Crippen LogP contribution is -2.34. The van der Waals surface area contributed by atoms with Crippen LogP contribution in [0.25, 0.3) is 0 Å². The molecule has 0 aromatic heterocycles. The molecule has 118 valence electrons. The zero-order valence-electron chi connectivity index (χ0n) is 13.7. The van der Waals surface area contributed by atoms with Gasteiger partial charge in [-0.25, -0.2) is 0 Å². The standard InChI is InChI=1S/C18H30N2O/c1-18(2,3)14-19-17-6-4-5-16(11-17)12-20-9-7-15(13-21)8-10-20/h4-6,11,15,19,21H,7-10,12-14H2,1-3H3. The Morgan fingerprint density at radius 3 is 2.57 bits per heavy atom. The molecule has 0 aliphatic carbocycles. The van der Waals surface area contributed by atoms with Gasteiger partial charge in [-0.15, -0.1) is 0 Å². The number of nitrogens with one attached hydrogen (secondary N) is 1. The maximum absolute atomic E-state index is 9.20. The fourth-order valence-electron chi connectivity index (χ4n) is 2.73. The van der Waals surface area contributed by atoms with Crippen LogP contribution in [0.15, 0.2) is 24.3 Å². The SMILES string of the molecule is CC(C)(C)CNc1cccc(CN2CCC(CO)CC2)c1. The van der Waals surface area contributed by atoms with Crippen LogP contribution in [0.5, 0.6) is 0 Å². The van der Waals surface area contributed by atoms with Crippen molar-refractivity contribution in [1.29, 1.82) is 0 Å². The van der Waals surface area contributed by atoms with E-state index in [4.69, 9.17) is 0 Å². The second-order valence-corrected chi connectivity index (χ2v) is 7.52. The number of hydrogen-bond acceptors (Lipinski definition) is 3. The molecule has 1 aromatic rings. The molecule has 3 heteroatoms. The Labute approximate surface area is 129 Å². The minimum Gasteiger partial charge on any atom is -0.396 e. The van der Waals surface area contributed by atoms with Crippen molar-refractivity contribution in [1.82, 2.24) is 4.90 Å². The van der Waals surface area contributed by atoms with E-state index in [1.165, 1.54) is 11.3 Å². The quantitative estimate of drug-likeness (QED) is 0.873. The van der Waals surface area contributed by atoms with Crippen LogP contribution in [0.2, 0.25) is 0 Å². The van der Waals surface area contributed by atoms with Crippen molar-refractivity contribution in [3.63, 3.8) is 0 Å². The van der Waals surface area contributed by atoms with Gasteiger partial charge in [0.1, 0.15) is 0 Å². The van der Waals surface area contributed by atoms with Crippen LogP contribution in [-0.4, -0.2) is 36.2 Å². The van der Waals surface area contributed by atoms with Gasteiger partial charge in [0.25, 0.3) is 0 Å². The summed E-state index contributed by atoms with van der Waals surface area (Å²) in [5.41, 5.74) is 2.88. The topological polar surface area (TPSA) is 35.5 Å². The molecule has 1 aliphatic rings. The number of aliphatic hydroxyl groups excluding tert-OH is 1. The number of aliphatic hydroxyl groups is 1. The first-order valence-electron chi connectivity index (χ1n) is 8.12. The highest BCUT2D eigenvalue weighted by molar-refractivity contribution is 5.45. The summed E-state index contributed by atoms with van der Waals surface area (Å²) in [4.78, 5) is 2.50. The summed E-state index contributed by atoms with van der Waals surface area (Å²) in [7, 11) is 0. The van der Waals surface area contributed by atoms with Gasteiger partial charge in [0.2, 0.25) is 0 Å². The molecule has 1 fully saturated rings. The van der Waals surface area contributed by atoms with Gasteiger partial charge in [-0.3, -0.25) is 4.90 Å². The molecule has 1 heterocycles. The summed E-state index contributed by atoms with van der Waals surface area (Å²) in [6.45, 7) is 11.3. The number of piperidine rings is 1. The molecule has 0 amide bonds. The van der Waals surface area contributed by atoms with Gasteiger partial charge in [-0.2, -0.15) is 0 Å². The predicted octanol–water partition coefficient (Wildman–Crippen LogP) is 3.35. The number of nitrogens with zero attached hydrogens (tertiary/aromatic N) is 1. The Hall–Kier alpha value is -1.06. The van der Waals surface area contributed by atoms with Crippen molar-refractivity contribution < 1.29 is 5.11 Å². The van der Waals surface area contributed by atoms with E-state index >= 15 is 0 Å². The van der Waals surface area contributed by atoms with Crippen LogP contribution in [-0.2, 0) is 6.54 Å². The number of likely N-dealkylation sites (tertiary alicyclic amines) is 1. The molecule has 0 unspecified atom stereocenters. The van der Waals surface area contributed by atoms with E-state index in [1.807, 2.05) is 0 Å². The van der Waals surface area contributed by atoms with Crippen LogP contribution < -0.4 is 5.32 Å². The Morgan fingerprint density at radius 2 is 1.95 bits per heavy atom. The minimum absolute atomic E-state index is 0.294. The molecule has 1 saturated heterocycles. The van der Waals surface area contributed by atoms with E-state index in [-0.39, 0.29) is 0 Å². The van der Waals surface area contributed by atoms with E-state index in [0.29, 0.717) is 17.9 Å². The smallest absolute Gasteiger partial charge is 0.0460 e. The molecule has 2 N–H and O–H groups in total. The molecule has 1 aromatic carbocycles. The van der Waals surface area contributed by atoms with E-state index in [2.05, 4.69) is 55.3 Å². The second kappa shape index (κ2) is 7.28. The fourth-order valence-corrected chi connectivity index (χ4v) is 2.73. The lowest BCUT2D eigenvalue weighted by Gasteiger charge is -2.31. The predicted molar refractivity (Wildman–Crippen MR) is 89.5 cm³/mol. The highest BCUT2D eigenvalue weighted by Crippen LogP contribution is 2.20. The lowest BCUT2D eigenvalue weighted by atomic mass is 9.96. The molecule has 0 bridgehead atoms.